The molecule has 0 spiro atoms. The van der Waals surface area contributed by atoms with Gasteiger partial charge in [-0.2, -0.15) is 0 Å². The first-order valence-electron chi connectivity index (χ1n) is 15.8. The molecule has 6 rings (SSSR count). The number of phenolic OH excluding ortho intramolecular Hbond substituents is 1. The van der Waals surface area contributed by atoms with E-state index in [0.717, 1.165) is 35.3 Å². The minimum atomic E-state index is -2.67. The number of amides is 1. The van der Waals surface area contributed by atoms with Crippen molar-refractivity contribution in [1.82, 2.24) is 10.2 Å². The number of fused-ring (bicyclic) bond motifs is 3. The molecule has 0 radical (unpaired) electrons. The highest BCUT2D eigenvalue weighted by atomic mass is 16.5. The Labute approximate surface area is 267 Å². The normalized spacial score (nSPS) is 26.6. The molecular formula is C35H41N3O8. The number of nitrogens with two attached hydrogens (primary N) is 1. The number of phenols is 1. The molecule has 0 saturated heterocycles. The fraction of sp³-hybridized carbons (Fsp3) is 0.457. The molecule has 7 N–H and O–H groups in total. The lowest BCUT2D eigenvalue weighted by atomic mass is 9.57. The second-order valence-corrected chi connectivity index (χ2v) is 13.2. The minimum absolute atomic E-state index is 0.0278. The number of hydrogen-bond acceptors (Lipinski definition) is 10. The summed E-state index contributed by atoms with van der Waals surface area (Å²) in [5.74, 6) is -5.99. The molecule has 2 aromatic carbocycles. The number of carbonyl (C=O) groups is 3. The standard InChI is InChI=1S/C35H41N3O8/c1-38(2)29-23-15-18-14-22-21(17-9-12-25(46-3)19(13-17)16-37-20-7-5-4-6-8-20)10-11-24(39)27(22)30(40)26(18)32(42)35(23,45)33(43)28(31(29)41)34(36)44/h9-13,18,20,23,29,37,39-40,43,45H,4-8,14-16H2,1-3H3,(H2,36,44)/t18-,23-,29-,35-/m0/s1. The summed E-state index contributed by atoms with van der Waals surface area (Å²) in [7, 11) is 4.78. The fourth-order valence-corrected chi connectivity index (χ4v) is 8.16. The molecule has 46 heavy (non-hydrogen) atoms. The molecule has 0 aromatic heterocycles. The summed E-state index contributed by atoms with van der Waals surface area (Å²) in [5.41, 5.74) is 4.95. The van der Waals surface area contributed by atoms with E-state index < -0.39 is 58.0 Å². The Hall–Kier alpha value is -4.19. The Morgan fingerprint density at radius 2 is 1.80 bits per heavy atom. The van der Waals surface area contributed by atoms with Gasteiger partial charge < -0.3 is 36.2 Å². The third kappa shape index (κ3) is 4.88. The zero-order chi connectivity index (χ0) is 33.1. The number of aromatic hydroxyl groups is 1. The molecule has 4 atom stereocenters. The largest absolute Gasteiger partial charge is 0.508 e. The molecule has 0 aliphatic heterocycles. The molecule has 0 bridgehead atoms. The Kier molecular flexibility index (Phi) is 8.20. The molecule has 4 aliphatic carbocycles. The fourth-order valence-electron chi connectivity index (χ4n) is 8.16. The molecule has 0 heterocycles. The van der Waals surface area contributed by atoms with Crippen LogP contribution < -0.4 is 15.8 Å². The van der Waals surface area contributed by atoms with Crippen LogP contribution in [0.3, 0.4) is 0 Å². The molecule has 2 saturated carbocycles. The first kappa shape index (κ1) is 31.8. The maximum absolute atomic E-state index is 14.1. The molecule has 1 amide bonds. The number of ketones is 2. The van der Waals surface area contributed by atoms with Crippen molar-refractivity contribution in [3.8, 4) is 22.6 Å². The van der Waals surface area contributed by atoms with Gasteiger partial charge in [0.2, 0.25) is 5.78 Å². The van der Waals surface area contributed by atoms with Crippen LogP contribution in [-0.4, -0.2) is 81.7 Å². The van der Waals surface area contributed by atoms with Gasteiger partial charge in [-0.05, 0) is 80.6 Å². The van der Waals surface area contributed by atoms with Crippen molar-refractivity contribution >= 4 is 23.2 Å². The van der Waals surface area contributed by atoms with E-state index in [2.05, 4.69) is 5.32 Å². The maximum atomic E-state index is 14.1. The van der Waals surface area contributed by atoms with Crippen molar-refractivity contribution in [1.29, 1.82) is 0 Å². The van der Waals surface area contributed by atoms with Crippen LogP contribution in [0.2, 0.25) is 0 Å². The van der Waals surface area contributed by atoms with Gasteiger partial charge in [-0.25, -0.2) is 0 Å². The summed E-state index contributed by atoms with van der Waals surface area (Å²) in [6.07, 6.45) is 6.18. The Balaban J connectivity index is 1.44. The number of Topliss-reactive ketones (excluding diaryl/α,β-unsaturated/α-hetero) is 2. The first-order chi connectivity index (χ1) is 21.9. The van der Waals surface area contributed by atoms with Crippen LogP contribution in [-0.2, 0) is 27.3 Å². The van der Waals surface area contributed by atoms with Crippen molar-refractivity contribution in [2.75, 3.05) is 21.2 Å². The van der Waals surface area contributed by atoms with Gasteiger partial charge in [-0.3, -0.25) is 19.3 Å². The number of ether oxygens (including phenoxy) is 1. The number of methoxy groups -OCH3 is 1. The van der Waals surface area contributed by atoms with Crippen LogP contribution in [0.15, 0.2) is 47.2 Å². The van der Waals surface area contributed by atoms with Gasteiger partial charge in [-0.1, -0.05) is 31.4 Å². The van der Waals surface area contributed by atoms with Gasteiger partial charge in [0.15, 0.2) is 11.4 Å². The molecule has 2 aromatic rings. The van der Waals surface area contributed by atoms with E-state index in [9.17, 15) is 34.8 Å². The molecule has 11 heteroatoms. The van der Waals surface area contributed by atoms with Crippen LogP contribution in [0.1, 0.15) is 55.2 Å². The van der Waals surface area contributed by atoms with E-state index in [1.165, 1.54) is 30.2 Å². The second-order valence-electron chi connectivity index (χ2n) is 13.2. The number of aliphatic hydroxyl groups is 3. The van der Waals surface area contributed by atoms with Gasteiger partial charge >= 0.3 is 0 Å². The number of primary amides is 1. The predicted molar refractivity (Wildman–Crippen MR) is 170 cm³/mol. The van der Waals surface area contributed by atoms with E-state index in [1.54, 1.807) is 27.3 Å². The number of carbonyl (C=O) groups excluding carboxylic acids is 3. The lowest BCUT2D eigenvalue weighted by Gasteiger charge is -2.50. The summed E-state index contributed by atoms with van der Waals surface area (Å²) >= 11 is 0. The van der Waals surface area contributed by atoms with Gasteiger partial charge in [0, 0.05) is 29.6 Å². The van der Waals surface area contributed by atoms with Crippen LogP contribution >= 0.6 is 0 Å². The number of likely N-dealkylation sites (N-methyl/N-ethyl adjacent to an activating group) is 1. The average molecular weight is 632 g/mol. The third-order valence-electron chi connectivity index (χ3n) is 10.4. The number of nitrogens with zero attached hydrogens (tertiary/aromatic N) is 1. The number of rotatable bonds is 7. The van der Waals surface area contributed by atoms with Crippen LogP contribution in [0.25, 0.3) is 16.9 Å². The third-order valence-corrected chi connectivity index (χ3v) is 10.4. The van der Waals surface area contributed by atoms with E-state index in [0.29, 0.717) is 18.2 Å². The quantitative estimate of drug-likeness (QED) is 0.249. The van der Waals surface area contributed by atoms with Crippen LogP contribution in [0.5, 0.6) is 11.5 Å². The van der Waals surface area contributed by atoms with E-state index in [-0.39, 0.29) is 29.7 Å². The summed E-state index contributed by atoms with van der Waals surface area (Å²) in [6, 6.07) is 8.35. The SMILES string of the molecule is COc1ccc(-c2ccc(O)c3c2C[C@H]2C[C@H]4[C@H](N(C)C)C(=O)C(C(N)=O)=C(O)[C@@]4(O)C(=O)C2=C3O)cc1CNC1CCCCC1. The topological polar surface area (TPSA) is 183 Å². The number of hydrogen-bond donors (Lipinski definition) is 6. The van der Waals surface area contributed by atoms with Crippen molar-refractivity contribution < 1.29 is 39.5 Å². The van der Waals surface area contributed by atoms with Gasteiger partial charge in [-0.15, -0.1) is 0 Å². The van der Waals surface area contributed by atoms with Crippen molar-refractivity contribution in [3.63, 3.8) is 0 Å². The van der Waals surface area contributed by atoms with Gasteiger partial charge in [0.05, 0.1) is 18.7 Å². The molecule has 11 nitrogen and oxygen atoms in total. The van der Waals surface area contributed by atoms with E-state index in [4.69, 9.17) is 10.5 Å². The van der Waals surface area contributed by atoms with Crippen molar-refractivity contribution in [2.45, 2.75) is 69.2 Å². The molecule has 4 aliphatic rings. The molecular weight excluding hydrogens is 590 g/mol. The lowest BCUT2D eigenvalue weighted by molar-refractivity contribution is -0.153. The lowest BCUT2D eigenvalue weighted by Crippen LogP contribution is -2.65. The Bertz CT molecular complexity index is 1690. The number of nitrogens with one attached hydrogen (secondary N) is 1. The maximum Gasteiger partial charge on any atom is 0.255 e. The average Bonchev–Trinajstić information content (AvgIpc) is 3.02. The highest BCUT2D eigenvalue weighted by molar-refractivity contribution is 6.24. The van der Waals surface area contributed by atoms with Crippen LogP contribution in [0.4, 0.5) is 0 Å². The van der Waals surface area contributed by atoms with Gasteiger partial charge in [0.25, 0.3) is 5.91 Å². The summed E-state index contributed by atoms with van der Waals surface area (Å²) < 4.78 is 5.66. The smallest absolute Gasteiger partial charge is 0.255 e. The summed E-state index contributed by atoms with van der Waals surface area (Å²) in [6.45, 7) is 0.610. The summed E-state index contributed by atoms with van der Waals surface area (Å²) in [5, 5.41) is 49.2. The van der Waals surface area contributed by atoms with Crippen molar-refractivity contribution in [3.05, 3.63) is 63.9 Å². The van der Waals surface area contributed by atoms with Gasteiger partial charge in [0.1, 0.15) is 28.6 Å². The molecule has 0 unspecified atom stereocenters. The van der Waals surface area contributed by atoms with E-state index in [1.807, 2.05) is 18.2 Å². The monoisotopic (exact) mass is 631 g/mol. The first-order valence-corrected chi connectivity index (χ1v) is 15.8. The highest BCUT2D eigenvalue weighted by Crippen LogP contribution is 2.53. The Morgan fingerprint density at radius 1 is 1.09 bits per heavy atom. The van der Waals surface area contributed by atoms with Crippen LogP contribution in [0, 0.1) is 11.8 Å². The molecule has 244 valence electrons. The zero-order valence-corrected chi connectivity index (χ0v) is 26.3. The summed E-state index contributed by atoms with van der Waals surface area (Å²) in [4.78, 5) is 41.2. The second kappa shape index (κ2) is 11.9. The van der Waals surface area contributed by atoms with Crippen molar-refractivity contribution in [2.24, 2.45) is 17.6 Å². The highest BCUT2D eigenvalue weighted by Gasteiger charge is 2.64. The van der Waals surface area contributed by atoms with E-state index >= 15 is 0 Å². The Morgan fingerprint density at radius 3 is 2.46 bits per heavy atom. The molecule has 2 fully saturated rings. The number of benzene rings is 2. The predicted octanol–water partition coefficient (Wildman–Crippen LogP) is 3.06. The minimum Gasteiger partial charge on any atom is -0.508 e. The zero-order valence-electron chi connectivity index (χ0n) is 26.3. The number of aliphatic hydroxyl groups excluding tert-OH is 2.